The highest BCUT2D eigenvalue weighted by Gasteiger charge is 2.41. The number of carboxylic acids is 2. The summed E-state index contributed by atoms with van der Waals surface area (Å²) >= 11 is 0. The molecule has 0 bridgehead atoms. The number of nitrogens with zero attached hydrogens (tertiary/aromatic N) is 3. The van der Waals surface area contributed by atoms with E-state index in [9.17, 15) is 63.3 Å². The minimum atomic E-state index is -1.81. The highest BCUT2D eigenvalue weighted by Crippen LogP contribution is 2.21. The van der Waals surface area contributed by atoms with Gasteiger partial charge in [0.05, 0.1) is 32.2 Å². The van der Waals surface area contributed by atoms with Crippen molar-refractivity contribution in [3.63, 3.8) is 0 Å². The Morgan fingerprint density at radius 3 is 1.82 bits per heavy atom. The number of nitrogens with two attached hydrogens (primary N) is 3. The number of aliphatic imine (C=N–C) groups is 1. The molecule has 15 N–H and O–H groups in total. The Hall–Kier alpha value is -6.11. The Morgan fingerprint density at radius 1 is 0.717 bits per heavy atom. The molecule has 0 aromatic heterocycles. The lowest BCUT2D eigenvalue weighted by Crippen LogP contribution is -2.59. The van der Waals surface area contributed by atoms with Crippen LogP contribution in [0.15, 0.2) is 4.99 Å². The van der Waals surface area contributed by atoms with E-state index >= 15 is 0 Å². The third kappa shape index (κ3) is 15.6. The van der Waals surface area contributed by atoms with Gasteiger partial charge in [-0.25, -0.2) is 4.79 Å². The number of aliphatic hydroxyl groups excluding tert-OH is 1. The van der Waals surface area contributed by atoms with E-state index < -0.39 is 134 Å². The van der Waals surface area contributed by atoms with Crippen LogP contribution in [0.3, 0.4) is 0 Å². The van der Waals surface area contributed by atoms with Crippen molar-refractivity contribution < 1.29 is 63.3 Å². The van der Waals surface area contributed by atoms with Crippen LogP contribution in [0.2, 0.25) is 0 Å². The van der Waals surface area contributed by atoms with Gasteiger partial charge in [-0.15, -0.1) is 0 Å². The number of hydrogen-bond donors (Lipinski definition) is 12. The normalized spacial score (nSPS) is 18.5. The van der Waals surface area contributed by atoms with Gasteiger partial charge >= 0.3 is 11.9 Å². The lowest BCUT2D eigenvalue weighted by molar-refractivity contribution is -0.150. The Morgan fingerprint density at radius 2 is 1.28 bits per heavy atom. The van der Waals surface area contributed by atoms with Crippen LogP contribution in [0.25, 0.3) is 0 Å². The SMILES string of the molecule is CC(C)[C@H](NC(=O)CNC(=O)[C@H](C)N)C(=O)N1CCC[C@H]1C(=O)N[C@@H](CCCN=C(N)N)C(=O)NCC(=O)N[C@@H](CC(=O)O)C(=O)N[C@@H](CO)C(=O)N1CCC[C@H]1C(=O)O. The van der Waals surface area contributed by atoms with Gasteiger partial charge in [-0.1, -0.05) is 13.8 Å². The molecule has 2 heterocycles. The quantitative estimate of drug-likeness (QED) is 0.0258. The van der Waals surface area contributed by atoms with E-state index in [4.69, 9.17) is 17.2 Å². The maximum atomic E-state index is 13.7. The first-order valence-electron chi connectivity index (χ1n) is 19.4. The number of guanidine groups is 1. The van der Waals surface area contributed by atoms with Crippen molar-refractivity contribution in [1.29, 1.82) is 0 Å². The van der Waals surface area contributed by atoms with Gasteiger partial charge in [0.1, 0.15) is 36.3 Å². The van der Waals surface area contributed by atoms with Crippen molar-refractivity contribution in [2.24, 2.45) is 28.1 Å². The summed E-state index contributed by atoms with van der Waals surface area (Å²) in [5, 5.41) is 42.8. The fourth-order valence-electron chi connectivity index (χ4n) is 6.45. The van der Waals surface area contributed by atoms with Crippen molar-refractivity contribution >= 4 is 65.2 Å². The Labute approximate surface area is 345 Å². The molecule has 8 amide bonds. The lowest BCUT2D eigenvalue weighted by Gasteiger charge is -2.31. The summed E-state index contributed by atoms with van der Waals surface area (Å²) in [5.41, 5.74) is 16.3. The second-order valence-corrected chi connectivity index (χ2v) is 14.7. The Bertz CT molecular complexity index is 1640. The van der Waals surface area contributed by atoms with Gasteiger partial charge in [0.2, 0.25) is 47.3 Å². The fraction of sp³-hybridized carbons (Fsp3) is 0.686. The van der Waals surface area contributed by atoms with Gasteiger partial charge in [-0.3, -0.25) is 48.1 Å². The zero-order chi connectivity index (χ0) is 45.3. The molecular formula is C35H58N12O13. The van der Waals surface area contributed by atoms with Crippen LogP contribution in [-0.2, 0) is 47.9 Å². The number of amides is 8. The third-order valence-corrected chi connectivity index (χ3v) is 9.57. The first kappa shape index (κ1) is 50.0. The van der Waals surface area contributed by atoms with Crippen LogP contribution in [-0.4, -0.2) is 172 Å². The highest BCUT2D eigenvalue weighted by molar-refractivity contribution is 5.98. The summed E-state index contributed by atoms with van der Waals surface area (Å²) in [7, 11) is 0. The van der Waals surface area contributed by atoms with Crippen LogP contribution < -0.4 is 49.1 Å². The molecule has 0 spiro atoms. The largest absolute Gasteiger partial charge is 0.481 e. The van der Waals surface area contributed by atoms with Crippen LogP contribution in [0, 0.1) is 5.92 Å². The van der Waals surface area contributed by atoms with E-state index in [2.05, 4.69) is 36.9 Å². The van der Waals surface area contributed by atoms with E-state index in [1.54, 1.807) is 13.8 Å². The Kier molecular flexibility index (Phi) is 20.1. The number of hydrogen-bond acceptors (Lipinski definition) is 13. The molecule has 2 aliphatic heterocycles. The lowest BCUT2D eigenvalue weighted by atomic mass is 10.0. The molecule has 2 saturated heterocycles. The molecule has 2 fully saturated rings. The van der Waals surface area contributed by atoms with Gasteiger partial charge in [0.15, 0.2) is 5.96 Å². The molecular weight excluding hydrogens is 796 g/mol. The molecule has 25 nitrogen and oxygen atoms in total. The molecule has 0 aliphatic carbocycles. The second kappa shape index (κ2) is 24.1. The summed E-state index contributed by atoms with van der Waals surface area (Å²) < 4.78 is 0. The second-order valence-electron chi connectivity index (χ2n) is 14.7. The van der Waals surface area contributed by atoms with Gasteiger partial charge < -0.3 is 74.2 Å². The van der Waals surface area contributed by atoms with Crippen molar-refractivity contribution in [2.75, 3.05) is 39.3 Å². The number of nitrogens with one attached hydrogen (secondary N) is 6. The topological polar surface area (TPSA) is 400 Å². The van der Waals surface area contributed by atoms with Gasteiger partial charge in [0, 0.05) is 19.6 Å². The van der Waals surface area contributed by atoms with Crippen LogP contribution in [0.1, 0.15) is 65.7 Å². The van der Waals surface area contributed by atoms with Gasteiger partial charge in [-0.2, -0.15) is 0 Å². The van der Waals surface area contributed by atoms with Gasteiger partial charge in [-0.05, 0) is 51.4 Å². The first-order valence-corrected chi connectivity index (χ1v) is 19.4. The molecule has 7 atom stereocenters. The summed E-state index contributed by atoms with van der Waals surface area (Å²) in [4.78, 5) is 133. The molecule has 0 unspecified atom stereocenters. The minimum absolute atomic E-state index is 0.0426. The van der Waals surface area contributed by atoms with Crippen LogP contribution in [0.5, 0.6) is 0 Å². The standard InChI is InChI=1S/C35H58N12O13/c1-17(2)27(45-25(50)15-40-28(53)18(3)36)33(58)46-11-5-8-22(46)31(56)43-19(7-4-10-39-35(37)38)29(54)41-14-24(49)42-20(13-26(51)52)30(55)44-21(16-48)32(57)47-12-6-9-23(47)34(59)60/h17-23,27,48H,4-16,36H2,1-3H3,(H,40,53)(H,41,54)(H,42,49)(H,43,56)(H,44,55)(H,45,50)(H,51,52)(H,59,60)(H4,37,38,39)/t18-,19-,20-,21-,22-,23-,27-/m0/s1. The molecule has 0 radical (unpaired) electrons. The van der Waals surface area contributed by atoms with Crippen molar-refractivity contribution in [1.82, 2.24) is 41.7 Å². The number of rotatable bonds is 23. The number of aliphatic hydroxyl groups is 1. The summed E-state index contributed by atoms with van der Waals surface area (Å²) in [6.45, 7) is 2.80. The number of carbonyl (C=O) groups is 10. The van der Waals surface area contributed by atoms with E-state index in [0.29, 0.717) is 12.8 Å². The Balaban J connectivity index is 2.14. The molecule has 0 aromatic carbocycles. The maximum Gasteiger partial charge on any atom is 0.326 e. The summed E-state index contributed by atoms with van der Waals surface area (Å²) in [6.07, 6.45) is 0.243. The first-order chi connectivity index (χ1) is 28.2. The van der Waals surface area contributed by atoms with E-state index in [0.717, 1.165) is 4.90 Å². The van der Waals surface area contributed by atoms with Gasteiger partial charge in [0.25, 0.3) is 0 Å². The number of likely N-dealkylation sites (tertiary alicyclic amines) is 2. The van der Waals surface area contributed by atoms with Crippen molar-refractivity contribution in [3.8, 4) is 0 Å². The van der Waals surface area contributed by atoms with Crippen LogP contribution in [0.4, 0.5) is 0 Å². The minimum Gasteiger partial charge on any atom is -0.481 e. The molecule has 60 heavy (non-hydrogen) atoms. The predicted octanol–water partition coefficient (Wildman–Crippen LogP) is -6.25. The molecule has 25 heteroatoms. The molecule has 2 rings (SSSR count). The van der Waals surface area contributed by atoms with E-state index in [-0.39, 0.29) is 51.3 Å². The zero-order valence-electron chi connectivity index (χ0n) is 33.8. The maximum absolute atomic E-state index is 13.7. The third-order valence-electron chi connectivity index (χ3n) is 9.57. The zero-order valence-corrected chi connectivity index (χ0v) is 33.8. The van der Waals surface area contributed by atoms with E-state index in [1.807, 2.05) is 0 Å². The number of carbonyl (C=O) groups excluding carboxylic acids is 8. The highest BCUT2D eigenvalue weighted by atomic mass is 16.4. The smallest absolute Gasteiger partial charge is 0.326 e. The van der Waals surface area contributed by atoms with Crippen molar-refractivity contribution in [2.45, 2.75) is 108 Å². The fourth-order valence-corrected chi connectivity index (χ4v) is 6.45. The molecule has 0 saturated carbocycles. The van der Waals surface area contributed by atoms with Crippen LogP contribution >= 0.6 is 0 Å². The monoisotopic (exact) mass is 854 g/mol. The number of carboxylic acid groups (broad SMARTS) is 2. The summed E-state index contributed by atoms with van der Waals surface area (Å²) in [5.74, 6) is -10.1. The molecule has 2 aliphatic rings. The van der Waals surface area contributed by atoms with E-state index in [1.165, 1.54) is 11.8 Å². The average Bonchev–Trinajstić information content (AvgIpc) is 3.88. The van der Waals surface area contributed by atoms with Crippen molar-refractivity contribution in [3.05, 3.63) is 0 Å². The molecule has 336 valence electrons. The number of aliphatic carboxylic acids is 2. The summed E-state index contributed by atoms with van der Waals surface area (Å²) in [6, 6.07) is -8.97. The average molecular weight is 855 g/mol. The predicted molar refractivity (Wildman–Crippen MR) is 209 cm³/mol. The molecule has 0 aromatic rings.